The fraction of sp³-hybridized carbons (Fsp3) is 0.333. The van der Waals surface area contributed by atoms with Crippen LogP contribution in [0.2, 0.25) is 0 Å². The molecule has 2 aromatic carbocycles. The molecule has 2 rings (SSSR count). The van der Waals surface area contributed by atoms with E-state index in [1.807, 2.05) is 36.4 Å². The number of hydrogen-bond acceptors (Lipinski definition) is 4. The van der Waals surface area contributed by atoms with E-state index in [1.54, 1.807) is 24.6 Å². The lowest BCUT2D eigenvalue weighted by Crippen LogP contribution is -2.19. The fourth-order valence-corrected chi connectivity index (χ4v) is 3.14. The van der Waals surface area contributed by atoms with Crippen LogP contribution >= 0.6 is 0 Å². The first-order valence-electron chi connectivity index (χ1n) is 8.43. The summed E-state index contributed by atoms with van der Waals surface area (Å²) < 4.78 is 10.1. The van der Waals surface area contributed by atoms with Crippen molar-refractivity contribution in [2.24, 2.45) is 11.8 Å². The van der Waals surface area contributed by atoms with Crippen molar-refractivity contribution in [3.8, 4) is 24.0 Å². The predicted molar refractivity (Wildman–Crippen MR) is 95.8 cm³/mol. The van der Waals surface area contributed by atoms with Crippen molar-refractivity contribution >= 4 is 0 Å². The van der Waals surface area contributed by atoms with Gasteiger partial charge in [0.15, 0.2) is 0 Å². The van der Waals surface area contributed by atoms with Gasteiger partial charge in [0, 0.05) is 11.5 Å². The molecule has 0 bridgehead atoms. The average Bonchev–Trinajstić information content (AvgIpc) is 2.64. The van der Waals surface area contributed by atoms with Crippen molar-refractivity contribution in [3.63, 3.8) is 0 Å². The SMILES string of the molecule is CCC(C)C(C)C(c1ccc(OC#N)cc1)c1ccccc1OC#N. The Morgan fingerprint density at radius 1 is 0.920 bits per heavy atom. The lowest BCUT2D eigenvalue weighted by Gasteiger charge is -2.30. The summed E-state index contributed by atoms with van der Waals surface area (Å²) in [5.41, 5.74) is 2.10. The molecule has 4 heteroatoms. The summed E-state index contributed by atoms with van der Waals surface area (Å²) in [6.07, 6.45) is 4.53. The van der Waals surface area contributed by atoms with Crippen LogP contribution in [0.5, 0.6) is 11.5 Å². The van der Waals surface area contributed by atoms with Gasteiger partial charge < -0.3 is 9.47 Å². The highest BCUT2D eigenvalue weighted by Crippen LogP contribution is 2.41. The minimum atomic E-state index is 0.0793. The van der Waals surface area contributed by atoms with E-state index in [0.29, 0.717) is 23.3 Å². The van der Waals surface area contributed by atoms with Gasteiger partial charge in [0.25, 0.3) is 12.5 Å². The van der Waals surface area contributed by atoms with E-state index in [4.69, 9.17) is 20.0 Å². The normalized spacial score (nSPS) is 13.8. The number of benzene rings is 2. The summed E-state index contributed by atoms with van der Waals surface area (Å²) >= 11 is 0. The molecule has 3 unspecified atom stereocenters. The summed E-state index contributed by atoms with van der Waals surface area (Å²) in [6.45, 7) is 6.64. The molecule has 3 atom stereocenters. The third-order valence-corrected chi connectivity index (χ3v) is 4.88. The van der Waals surface area contributed by atoms with Gasteiger partial charge in [-0.05, 0) is 35.6 Å². The van der Waals surface area contributed by atoms with E-state index in [2.05, 4.69) is 20.8 Å². The molecular formula is C21H22N2O2. The Hall–Kier alpha value is -2.98. The third kappa shape index (κ3) is 4.31. The maximum absolute atomic E-state index is 8.97. The van der Waals surface area contributed by atoms with Gasteiger partial charge in [0.05, 0.1) is 0 Å². The van der Waals surface area contributed by atoms with Crippen molar-refractivity contribution in [2.75, 3.05) is 0 Å². The van der Waals surface area contributed by atoms with E-state index in [0.717, 1.165) is 17.5 Å². The number of nitrogens with zero attached hydrogens (tertiary/aromatic N) is 2. The van der Waals surface area contributed by atoms with E-state index < -0.39 is 0 Å². The van der Waals surface area contributed by atoms with Crippen molar-refractivity contribution in [1.82, 2.24) is 0 Å². The number of para-hydroxylation sites is 1. The topological polar surface area (TPSA) is 66.0 Å². The minimum absolute atomic E-state index is 0.0793. The van der Waals surface area contributed by atoms with Gasteiger partial charge in [-0.25, -0.2) is 0 Å². The average molecular weight is 334 g/mol. The van der Waals surface area contributed by atoms with Crippen LogP contribution in [0.15, 0.2) is 48.5 Å². The molecule has 0 aliphatic heterocycles. The molecule has 0 aromatic heterocycles. The zero-order valence-corrected chi connectivity index (χ0v) is 14.8. The molecule has 0 radical (unpaired) electrons. The molecule has 25 heavy (non-hydrogen) atoms. The van der Waals surface area contributed by atoms with Gasteiger partial charge in [-0.15, -0.1) is 10.5 Å². The molecule has 128 valence electrons. The number of rotatable bonds is 7. The first-order valence-corrected chi connectivity index (χ1v) is 8.43. The molecule has 0 saturated heterocycles. The summed E-state index contributed by atoms with van der Waals surface area (Å²) in [7, 11) is 0. The summed E-state index contributed by atoms with van der Waals surface area (Å²) in [4.78, 5) is 0. The predicted octanol–water partition coefficient (Wildman–Crippen LogP) is 5.22. The van der Waals surface area contributed by atoms with Crippen molar-refractivity contribution < 1.29 is 9.47 Å². The first kappa shape index (κ1) is 18.4. The van der Waals surface area contributed by atoms with Crippen LogP contribution in [0.3, 0.4) is 0 Å². The zero-order valence-electron chi connectivity index (χ0n) is 14.8. The minimum Gasteiger partial charge on any atom is -0.388 e. The van der Waals surface area contributed by atoms with Crippen LogP contribution in [-0.2, 0) is 0 Å². The first-order chi connectivity index (χ1) is 12.1. The molecule has 0 N–H and O–H groups in total. The Labute approximate surface area is 149 Å². The molecule has 0 saturated carbocycles. The second kappa shape index (κ2) is 8.76. The Balaban J connectivity index is 2.51. The lowest BCUT2D eigenvalue weighted by atomic mass is 9.75. The Bertz CT molecular complexity index is 772. The van der Waals surface area contributed by atoms with Gasteiger partial charge >= 0.3 is 0 Å². The van der Waals surface area contributed by atoms with Gasteiger partial charge in [0.1, 0.15) is 11.5 Å². The molecule has 4 nitrogen and oxygen atoms in total. The second-order valence-electron chi connectivity index (χ2n) is 6.22. The maximum Gasteiger partial charge on any atom is 0.292 e. The van der Waals surface area contributed by atoms with Gasteiger partial charge in [-0.2, -0.15) is 0 Å². The molecule has 0 spiro atoms. The highest BCUT2D eigenvalue weighted by molar-refractivity contribution is 5.44. The molecular weight excluding hydrogens is 312 g/mol. The molecule has 0 aliphatic rings. The van der Waals surface area contributed by atoms with Crippen LogP contribution in [0, 0.1) is 34.9 Å². The molecule has 0 aliphatic carbocycles. The molecule has 2 aromatic rings. The van der Waals surface area contributed by atoms with Crippen LogP contribution in [-0.4, -0.2) is 0 Å². The standard InChI is InChI=1S/C21H22N2O2/c1-4-15(2)16(3)21(17-9-11-18(12-10-17)24-13-22)19-7-5-6-8-20(19)25-14-23/h5-12,15-16,21H,4H2,1-3H3. The summed E-state index contributed by atoms with van der Waals surface area (Å²) in [6, 6.07) is 15.2. The van der Waals surface area contributed by atoms with Crippen molar-refractivity contribution in [3.05, 3.63) is 59.7 Å². The Morgan fingerprint density at radius 3 is 2.16 bits per heavy atom. The number of nitriles is 2. The lowest BCUT2D eigenvalue weighted by molar-refractivity contribution is 0.337. The highest BCUT2D eigenvalue weighted by Gasteiger charge is 2.27. The van der Waals surface area contributed by atoms with Crippen molar-refractivity contribution in [2.45, 2.75) is 33.1 Å². The Kier molecular flexibility index (Phi) is 6.43. The van der Waals surface area contributed by atoms with E-state index in [9.17, 15) is 0 Å². The van der Waals surface area contributed by atoms with Crippen LogP contribution in [0.25, 0.3) is 0 Å². The quantitative estimate of drug-likeness (QED) is 0.651. The van der Waals surface area contributed by atoms with Crippen LogP contribution < -0.4 is 9.47 Å². The van der Waals surface area contributed by atoms with Gasteiger partial charge in [-0.3, -0.25) is 0 Å². The smallest absolute Gasteiger partial charge is 0.292 e. The Morgan fingerprint density at radius 2 is 1.56 bits per heavy atom. The highest BCUT2D eigenvalue weighted by atomic mass is 16.5. The second-order valence-corrected chi connectivity index (χ2v) is 6.22. The number of hydrogen-bond donors (Lipinski definition) is 0. The molecule has 0 heterocycles. The van der Waals surface area contributed by atoms with E-state index >= 15 is 0 Å². The molecule has 0 fully saturated rings. The largest absolute Gasteiger partial charge is 0.388 e. The third-order valence-electron chi connectivity index (χ3n) is 4.88. The van der Waals surface area contributed by atoms with Crippen LogP contribution in [0.4, 0.5) is 0 Å². The van der Waals surface area contributed by atoms with Gasteiger partial charge in [0.2, 0.25) is 0 Å². The van der Waals surface area contributed by atoms with Crippen molar-refractivity contribution in [1.29, 1.82) is 10.5 Å². The van der Waals surface area contributed by atoms with E-state index in [-0.39, 0.29) is 5.92 Å². The fourth-order valence-electron chi connectivity index (χ4n) is 3.14. The maximum atomic E-state index is 8.97. The summed E-state index contributed by atoms with van der Waals surface area (Å²) in [5.74, 6) is 2.02. The van der Waals surface area contributed by atoms with Crippen LogP contribution in [0.1, 0.15) is 44.2 Å². The molecule has 0 amide bonds. The van der Waals surface area contributed by atoms with E-state index in [1.165, 1.54) is 0 Å². The summed E-state index contributed by atoms with van der Waals surface area (Å²) in [5, 5.41) is 17.6. The monoisotopic (exact) mass is 334 g/mol. The zero-order chi connectivity index (χ0) is 18.2. The van der Waals surface area contributed by atoms with Gasteiger partial charge in [-0.1, -0.05) is 57.5 Å². The number of ether oxygens (including phenoxy) is 2.